The molecule has 0 bridgehead atoms. The van der Waals surface area contributed by atoms with Crippen LogP contribution in [0, 0.1) is 5.82 Å². The van der Waals surface area contributed by atoms with Crippen LogP contribution >= 0.6 is 0 Å². The van der Waals surface area contributed by atoms with Crippen molar-refractivity contribution in [2.75, 3.05) is 13.1 Å². The van der Waals surface area contributed by atoms with Crippen LogP contribution in [0.25, 0.3) is 0 Å². The summed E-state index contributed by atoms with van der Waals surface area (Å²) in [5, 5.41) is 0. The molecule has 1 aromatic carbocycles. The van der Waals surface area contributed by atoms with Gasteiger partial charge < -0.3 is 4.90 Å². The highest BCUT2D eigenvalue weighted by atomic mass is 19.1. The summed E-state index contributed by atoms with van der Waals surface area (Å²) in [7, 11) is 0. The number of likely N-dealkylation sites (tertiary alicyclic amines) is 1. The van der Waals surface area contributed by atoms with Gasteiger partial charge in [-0.15, -0.1) is 0 Å². The van der Waals surface area contributed by atoms with Crippen LogP contribution in [-0.2, 0) is 15.0 Å². The summed E-state index contributed by atoms with van der Waals surface area (Å²) >= 11 is 0. The number of hydrogen-bond acceptors (Lipinski definition) is 2. The van der Waals surface area contributed by atoms with Crippen molar-refractivity contribution < 1.29 is 14.0 Å². The van der Waals surface area contributed by atoms with Crippen LogP contribution < -0.4 is 0 Å². The van der Waals surface area contributed by atoms with Gasteiger partial charge in [0.15, 0.2) is 0 Å². The Morgan fingerprint density at radius 1 is 1.10 bits per heavy atom. The lowest BCUT2D eigenvalue weighted by Gasteiger charge is -2.44. The van der Waals surface area contributed by atoms with Gasteiger partial charge in [-0.05, 0) is 30.5 Å². The third kappa shape index (κ3) is 2.13. The van der Waals surface area contributed by atoms with E-state index in [0.29, 0.717) is 25.9 Å². The molecule has 0 atom stereocenters. The van der Waals surface area contributed by atoms with Crippen molar-refractivity contribution in [1.82, 2.24) is 4.90 Å². The first-order chi connectivity index (χ1) is 9.62. The van der Waals surface area contributed by atoms with Gasteiger partial charge in [-0.25, -0.2) is 4.39 Å². The maximum Gasteiger partial charge on any atom is 0.233 e. The Morgan fingerprint density at radius 3 is 2.20 bits per heavy atom. The molecule has 0 unspecified atom stereocenters. The quantitative estimate of drug-likeness (QED) is 0.831. The van der Waals surface area contributed by atoms with Crippen molar-refractivity contribution in [3.05, 3.63) is 35.6 Å². The van der Waals surface area contributed by atoms with Crippen LogP contribution in [0.15, 0.2) is 24.3 Å². The van der Waals surface area contributed by atoms with Gasteiger partial charge >= 0.3 is 0 Å². The number of carbonyl (C=O) groups excluding carboxylic acids is 2. The summed E-state index contributed by atoms with van der Waals surface area (Å²) in [6.45, 7) is 1.06. The Labute approximate surface area is 117 Å². The number of nitrogens with zero attached hydrogens (tertiary/aromatic N) is 1. The lowest BCUT2D eigenvalue weighted by atomic mass is 9.63. The molecule has 1 aromatic rings. The molecular weight excluding hydrogens is 257 g/mol. The monoisotopic (exact) mass is 275 g/mol. The second-order valence-electron chi connectivity index (χ2n) is 5.77. The van der Waals surface area contributed by atoms with Crippen molar-refractivity contribution >= 4 is 11.7 Å². The molecule has 3 nitrogen and oxygen atoms in total. The number of hydrogen-bond donors (Lipinski definition) is 0. The predicted octanol–water partition coefficient (Wildman–Crippen LogP) is 2.44. The van der Waals surface area contributed by atoms with E-state index in [0.717, 1.165) is 24.8 Å². The summed E-state index contributed by atoms with van der Waals surface area (Å²) in [5.74, 6) is 0.0700. The van der Waals surface area contributed by atoms with Gasteiger partial charge in [0.05, 0.1) is 5.41 Å². The molecule has 2 fully saturated rings. The number of rotatable bonds is 2. The first kappa shape index (κ1) is 13.3. The van der Waals surface area contributed by atoms with Gasteiger partial charge in [0.25, 0.3) is 0 Å². The zero-order valence-corrected chi connectivity index (χ0v) is 11.4. The van der Waals surface area contributed by atoms with Gasteiger partial charge in [-0.2, -0.15) is 0 Å². The molecule has 1 amide bonds. The molecule has 1 aliphatic heterocycles. The maximum atomic E-state index is 13.1. The van der Waals surface area contributed by atoms with E-state index in [1.54, 1.807) is 12.1 Å². The summed E-state index contributed by atoms with van der Waals surface area (Å²) in [6.07, 6.45) is 3.59. The fraction of sp³-hybridized carbons (Fsp3) is 0.500. The molecule has 1 saturated carbocycles. The zero-order chi connectivity index (χ0) is 14.2. The third-order valence-corrected chi connectivity index (χ3v) is 4.62. The Hall–Kier alpha value is -1.71. The number of piperidine rings is 1. The summed E-state index contributed by atoms with van der Waals surface area (Å²) in [6, 6.07) is 6.29. The molecular formula is C16H18FNO2. The van der Waals surface area contributed by atoms with Crippen LogP contribution in [0.3, 0.4) is 0 Å². The molecule has 0 N–H and O–H groups in total. The Kier molecular flexibility index (Phi) is 3.32. The van der Waals surface area contributed by atoms with E-state index in [1.165, 1.54) is 12.1 Å². The predicted molar refractivity (Wildman–Crippen MR) is 72.8 cm³/mol. The molecule has 2 aliphatic rings. The molecule has 1 aliphatic carbocycles. The van der Waals surface area contributed by atoms with E-state index in [9.17, 15) is 14.0 Å². The topological polar surface area (TPSA) is 37.4 Å². The highest BCUT2D eigenvalue weighted by Gasteiger charge is 2.47. The van der Waals surface area contributed by atoms with Crippen LogP contribution in [0.1, 0.15) is 37.7 Å². The van der Waals surface area contributed by atoms with E-state index in [-0.39, 0.29) is 17.5 Å². The van der Waals surface area contributed by atoms with Crippen molar-refractivity contribution in [3.63, 3.8) is 0 Å². The molecule has 0 radical (unpaired) electrons. The van der Waals surface area contributed by atoms with Gasteiger partial charge in [-0.3, -0.25) is 9.59 Å². The van der Waals surface area contributed by atoms with E-state index in [2.05, 4.69) is 0 Å². The molecule has 4 heteroatoms. The lowest BCUT2D eigenvalue weighted by Crippen LogP contribution is -2.53. The molecule has 1 saturated heterocycles. The average molecular weight is 275 g/mol. The summed E-state index contributed by atoms with van der Waals surface area (Å²) in [4.78, 5) is 25.9. The Bertz CT molecular complexity index is 524. The fourth-order valence-corrected chi connectivity index (χ4v) is 3.19. The smallest absolute Gasteiger partial charge is 0.233 e. The van der Waals surface area contributed by atoms with Gasteiger partial charge in [0.2, 0.25) is 5.91 Å². The standard InChI is InChI=1S/C16H18FNO2/c17-13-4-2-12(3-5-13)16(8-1-9-16)15(20)18-10-6-14(19)7-11-18/h2-5H,1,6-11H2. The van der Waals surface area contributed by atoms with E-state index < -0.39 is 5.41 Å². The molecule has 106 valence electrons. The zero-order valence-electron chi connectivity index (χ0n) is 11.4. The maximum absolute atomic E-state index is 13.1. The van der Waals surface area contributed by atoms with Crippen LogP contribution in [0.5, 0.6) is 0 Å². The molecule has 20 heavy (non-hydrogen) atoms. The van der Waals surface area contributed by atoms with Crippen LogP contribution in [-0.4, -0.2) is 29.7 Å². The van der Waals surface area contributed by atoms with Crippen molar-refractivity contribution in [2.45, 2.75) is 37.5 Å². The first-order valence-corrected chi connectivity index (χ1v) is 7.19. The molecule has 1 heterocycles. The normalized spacial score (nSPS) is 21.4. The number of benzene rings is 1. The highest BCUT2D eigenvalue weighted by molar-refractivity contribution is 5.91. The number of amides is 1. The average Bonchev–Trinajstić information content (AvgIpc) is 2.40. The number of halogens is 1. The lowest BCUT2D eigenvalue weighted by molar-refractivity contribution is -0.143. The second-order valence-corrected chi connectivity index (χ2v) is 5.77. The van der Waals surface area contributed by atoms with E-state index >= 15 is 0 Å². The van der Waals surface area contributed by atoms with E-state index in [4.69, 9.17) is 0 Å². The molecule has 0 aromatic heterocycles. The van der Waals surface area contributed by atoms with E-state index in [1.807, 2.05) is 4.90 Å². The van der Waals surface area contributed by atoms with Crippen LogP contribution in [0.2, 0.25) is 0 Å². The fourth-order valence-electron chi connectivity index (χ4n) is 3.19. The Morgan fingerprint density at radius 2 is 1.70 bits per heavy atom. The first-order valence-electron chi connectivity index (χ1n) is 7.19. The SMILES string of the molecule is O=C1CCN(C(=O)C2(c3ccc(F)cc3)CCC2)CC1. The van der Waals surface area contributed by atoms with Crippen molar-refractivity contribution in [2.24, 2.45) is 0 Å². The van der Waals surface area contributed by atoms with Crippen molar-refractivity contribution in [1.29, 1.82) is 0 Å². The summed E-state index contributed by atoms with van der Waals surface area (Å²) in [5.41, 5.74) is 0.431. The highest BCUT2D eigenvalue weighted by Crippen LogP contribution is 2.45. The van der Waals surface area contributed by atoms with Crippen LogP contribution in [0.4, 0.5) is 4.39 Å². The third-order valence-electron chi connectivity index (χ3n) is 4.62. The van der Waals surface area contributed by atoms with Crippen molar-refractivity contribution in [3.8, 4) is 0 Å². The number of carbonyl (C=O) groups is 2. The molecule has 0 spiro atoms. The minimum Gasteiger partial charge on any atom is -0.341 e. The minimum atomic E-state index is -0.478. The Balaban J connectivity index is 1.83. The summed E-state index contributed by atoms with van der Waals surface area (Å²) < 4.78 is 13.1. The molecule has 3 rings (SSSR count). The largest absolute Gasteiger partial charge is 0.341 e. The number of ketones is 1. The van der Waals surface area contributed by atoms with Gasteiger partial charge in [0, 0.05) is 25.9 Å². The minimum absolute atomic E-state index is 0.114. The second kappa shape index (κ2) is 5.00. The number of Topliss-reactive ketones (excluding diaryl/α,β-unsaturated/α-hetero) is 1. The van der Waals surface area contributed by atoms with Gasteiger partial charge in [-0.1, -0.05) is 18.6 Å². The van der Waals surface area contributed by atoms with Gasteiger partial charge in [0.1, 0.15) is 11.6 Å².